The minimum Gasteiger partial charge on any atom is -0.508 e. The highest BCUT2D eigenvalue weighted by Gasteiger charge is 2.40. The first-order valence-electron chi connectivity index (χ1n) is 45.3. The molecule has 50 nitrogen and oxygen atoms in total. The van der Waals surface area contributed by atoms with Gasteiger partial charge in [-0.3, -0.25) is 92.3 Å². The van der Waals surface area contributed by atoms with Gasteiger partial charge in [0, 0.05) is 32.4 Å². The number of phenolic OH excluding ortho intramolecular Hbond substituents is 2. The van der Waals surface area contributed by atoms with Crippen molar-refractivity contribution in [3.63, 3.8) is 0 Å². The van der Waals surface area contributed by atoms with E-state index in [0.29, 0.717) is 24.0 Å². The Hall–Kier alpha value is -12.8. The van der Waals surface area contributed by atoms with E-state index >= 15 is 0 Å². The van der Waals surface area contributed by atoms with E-state index in [0.717, 1.165) is 6.92 Å². The molecule has 2 rings (SSSR count). The van der Waals surface area contributed by atoms with Gasteiger partial charge in [-0.05, 0) is 202 Å². The number of carboxylic acid groups (broad SMARTS) is 2. The molecule has 0 spiro atoms. The molecule has 0 unspecified atom stereocenters. The quantitative estimate of drug-likeness (QED) is 0.0166. The first kappa shape index (κ1) is 120. The van der Waals surface area contributed by atoms with Gasteiger partial charge in [0.05, 0.1) is 31.7 Å². The number of primary amides is 1. The molecule has 0 radical (unpaired) electrons. The predicted molar refractivity (Wildman–Crippen MR) is 503 cm³/mol. The zero-order valence-corrected chi connectivity index (χ0v) is 79.3. The minimum atomic E-state index is -2.12. The van der Waals surface area contributed by atoms with E-state index in [1.54, 1.807) is 34.0 Å². The lowest BCUT2D eigenvalue weighted by Crippen LogP contribution is -2.62. The van der Waals surface area contributed by atoms with Crippen LogP contribution < -0.4 is 131 Å². The summed E-state index contributed by atoms with van der Waals surface area (Å²) in [5.74, 6) is -21.4. The number of unbranched alkanes of at least 4 members (excludes halogenated alkanes) is 3. The number of aliphatic carboxylic acids is 2. The highest BCUT2D eigenvalue weighted by molar-refractivity contribution is 7.98. The Morgan fingerprint density at radius 1 is 0.372 bits per heavy atom. The van der Waals surface area contributed by atoms with E-state index in [1.165, 1.54) is 67.2 Å². The Labute approximate surface area is 798 Å². The zero-order chi connectivity index (χ0) is 103. The maximum Gasteiger partial charge on any atom is 0.326 e. The summed E-state index contributed by atoms with van der Waals surface area (Å²) < 4.78 is 0. The summed E-state index contributed by atoms with van der Waals surface area (Å²) in [6.07, 6.45) is -2.89. The molecule has 16 amide bonds. The Morgan fingerprint density at radius 2 is 0.686 bits per heavy atom. The summed E-state index contributed by atoms with van der Waals surface area (Å²) in [7, 11) is 0. The number of rotatable bonds is 69. The van der Waals surface area contributed by atoms with Crippen LogP contribution in [0.4, 0.5) is 0 Å². The molecule has 0 aromatic heterocycles. The van der Waals surface area contributed by atoms with Gasteiger partial charge >= 0.3 is 11.9 Å². The lowest BCUT2D eigenvalue weighted by molar-refractivity contribution is -0.143. The number of phenols is 2. The lowest BCUT2D eigenvalue weighted by atomic mass is 10.0. The maximum absolute atomic E-state index is 14.8. The second kappa shape index (κ2) is 65.0. The van der Waals surface area contributed by atoms with E-state index in [4.69, 9.17) is 51.0 Å². The number of aromatic hydroxyl groups is 2. The van der Waals surface area contributed by atoms with Crippen LogP contribution in [0.2, 0.25) is 0 Å². The number of thioether (sulfide) groups is 1. The molecule has 0 fully saturated rings. The molecule has 0 saturated carbocycles. The van der Waals surface area contributed by atoms with Crippen LogP contribution in [0.3, 0.4) is 0 Å². The Bertz CT molecular complexity index is 4290. The van der Waals surface area contributed by atoms with Crippen LogP contribution in [0.25, 0.3) is 0 Å². The average molecular weight is 1960 g/mol. The number of guanidine groups is 2. The summed E-state index contributed by atoms with van der Waals surface area (Å²) in [6.45, 7) is 7.72. The van der Waals surface area contributed by atoms with E-state index in [1.807, 2.05) is 0 Å². The summed E-state index contributed by atoms with van der Waals surface area (Å²) >= 11 is 1.17. The number of aliphatic hydroxyl groups is 2. The Kier molecular flexibility index (Phi) is 57.0. The first-order valence-corrected chi connectivity index (χ1v) is 46.7. The molecule has 2 aromatic rings. The highest BCUT2D eigenvalue weighted by atomic mass is 32.2. The number of carbonyl (C=O) groups excluding carboxylic acids is 16. The topological polar surface area (TPSA) is 863 Å². The average Bonchev–Trinajstić information content (AvgIpc) is 0.855. The molecule has 768 valence electrons. The standard InChI is InChI=1S/C86H144N26O24S/c1-45(2)38-60(107-72(123)54(17-9-12-33-88)100-71(122)53(16-8-11-32-87)101-76(127)58(29-30-66(91)117)105-79(130)61(40-49-21-25-51(115)26-22-49)99-67(118)43-98-70(121)47(5)90)78(129)103-57(20-15-36-97-86(94)95)75(126)111-65(44-113)82(133)106-59(31-37-137-7)77(128)112-69(48(6)114)83(134)109-63(42-68(119)120)81(132)102-55(18-10-13-34-89)73(124)108-62(41-50-23-27-52(116)28-24-50)80(131)104-56(19-14-35-96-85(92)93)74(125)110-64(84(135)136)39-46(3)4/h21-28,45-48,53-65,69,113-116H,8-20,29-44,87-90H2,1-7H3,(H2,91,117)(H,98,121)(H,99,118)(H,100,122)(H,101,127)(H,102,132)(H,103,129)(H,104,131)(H,105,130)(H,106,133)(H,107,123)(H,108,124)(H,109,134)(H,110,125)(H,111,126)(H,112,128)(H,119,120)(H,135,136)(H4,92,93,96)(H4,94,95,97)/t47-,48+,53-,54-,55-,56-,57-,58-,59-,60-,61-,62-,63-,64-,65-,69-/m0/s1. The van der Waals surface area contributed by atoms with Crippen molar-refractivity contribution in [3.05, 3.63) is 59.7 Å². The van der Waals surface area contributed by atoms with Gasteiger partial charge in [-0.1, -0.05) is 52.0 Å². The first-order chi connectivity index (χ1) is 64.7. The third kappa shape index (κ3) is 49.0. The number of carboxylic acids is 2. The second-order valence-corrected chi connectivity index (χ2v) is 34.8. The monoisotopic (exact) mass is 1960 g/mol. The van der Waals surface area contributed by atoms with Crippen LogP contribution in [-0.2, 0) is 99.1 Å². The number of benzene rings is 2. The third-order valence-corrected chi connectivity index (χ3v) is 21.6. The largest absolute Gasteiger partial charge is 0.508 e. The smallest absolute Gasteiger partial charge is 0.326 e. The number of aliphatic hydroxyl groups excluding tert-OH is 2. The fourth-order valence-electron chi connectivity index (χ4n) is 13.6. The summed E-state index contributed by atoms with van der Waals surface area (Å²) in [5, 5.41) is 120. The molecule has 2 aromatic carbocycles. The molecule has 137 heavy (non-hydrogen) atoms. The Morgan fingerprint density at radius 3 is 1.04 bits per heavy atom. The molecule has 16 atom stereocenters. The van der Waals surface area contributed by atoms with Crippen molar-refractivity contribution in [1.82, 2.24) is 90.4 Å². The number of amides is 16. The number of nitrogens with one attached hydrogen (secondary N) is 19. The van der Waals surface area contributed by atoms with Crippen LogP contribution in [-0.4, -0.2) is 304 Å². The fraction of sp³-hybridized carbons (Fsp3) is 0.628. The summed E-state index contributed by atoms with van der Waals surface area (Å²) in [6, 6.07) is -13.3. The molecular formula is C86H144N26O24S. The van der Waals surface area contributed by atoms with Gasteiger partial charge in [0.25, 0.3) is 0 Å². The summed E-state index contributed by atoms with van der Waals surface area (Å²) in [5.41, 5.74) is 40.4. The van der Waals surface area contributed by atoms with Gasteiger partial charge in [-0.2, -0.15) is 11.8 Å². The molecule has 0 heterocycles. The van der Waals surface area contributed by atoms with Gasteiger partial charge < -0.3 is 161 Å². The molecule has 51 heteroatoms. The molecule has 0 saturated heterocycles. The number of carbonyl (C=O) groups is 18. The van der Waals surface area contributed by atoms with E-state index in [2.05, 4.69) is 90.4 Å². The number of hydrogen-bond acceptors (Lipinski definition) is 29. The van der Waals surface area contributed by atoms with Gasteiger partial charge in [0.15, 0.2) is 11.9 Å². The van der Waals surface area contributed by atoms with Crippen LogP contribution in [0.1, 0.15) is 175 Å². The predicted octanol–water partition coefficient (Wildman–Crippen LogP) is -7.91. The van der Waals surface area contributed by atoms with Gasteiger partial charge in [-0.25, -0.2) is 4.79 Å². The maximum atomic E-state index is 14.8. The van der Waals surface area contributed by atoms with Crippen LogP contribution in [0.5, 0.6) is 11.5 Å². The molecule has 0 bridgehead atoms. The normalized spacial score (nSPS) is 14.6. The molecular weight excluding hydrogens is 1810 g/mol. The van der Waals surface area contributed by atoms with Crippen molar-refractivity contribution >= 4 is 130 Å². The van der Waals surface area contributed by atoms with E-state index < -0.39 is 253 Å². The van der Waals surface area contributed by atoms with Crippen molar-refractivity contribution < 1.29 is 117 Å². The van der Waals surface area contributed by atoms with Crippen LogP contribution in [0.15, 0.2) is 48.5 Å². The Balaban J connectivity index is 2.60. The van der Waals surface area contributed by atoms with Crippen molar-refractivity contribution in [1.29, 1.82) is 10.8 Å². The number of hydrogen-bond donors (Lipinski definition) is 32. The van der Waals surface area contributed by atoms with Gasteiger partial charge in [-0.15, -0.1) is 0 Å². The van der Waals surface area contributed by atoms with E-state index in [-0.39, 0.29) is 159 Å². The lowest BCUT2D eigenvalue weighted by Gasteiger charge is -2.29. The zero-order valence-electron chi connectivity index (χ0n) is 78.5. The van der Waals surface area contributed by atoms with Crippen LogP contribution in [0, 0.1) is 22.7 Å². The third-order valence-electron chi connectivity index (χ3n) is 21.0. The van der Waals surface area contributed by atoms with Crippen molar-refractivity contribution in [2.24, 2.45) is 52.0 Å². The van der Waals surface area contributed by atoms with Crippen molar-refractivity contribution in [2.45, 2.75) is 273 Å². The van der Waals surface area contributed by atoms with Crippen molar-refractivity contribution in [3.8, 4) is 11.5 Å². The summed E-state index contributed by atoms with van der Waals surface area (Å²) in [4.78, 5) is 251. The van der Waals surface area contributed by atoms with Crippen molar-refractivity contribution in [2.75, 3.05) is 57.9 Å². The number of nitrogens with two attached hydrogens (primary N) is 7. The van der Waals surface area contributed by atoms with Gasteiger partial charge in [0.1, 0.15) is 96.1 Å². The minimum absolute atomic E-state index is 0.00372. The molecule has 0 aliphatic rings. The molecule has 0 aliphatic heterocycles. The molecule has 39 N–H and O–H groups in total. The molecule has 0 aliphatic carbocycles. The van der Waals surface area contributed by atoms with E-state index in [9.17, 15) is 117 Å². The SMILES string of the molecule is CSCC[C@H](NC(=O)[C@H](CO)NC(=O)[C@H](CCCNC(=N)N)NC(=O)[C@H](CC(C)C)NC(=O)[C@H](CCCCN)NC(=O)[C@H](CCCCN)NC(=O)[C@H](CCC(N)=O)NC(=O)[C@H](Cc1ccc(O)cc1)NC(=O)CNC(=O)[C@H](C)N)C(=O)N[C@H](C(=O)N[C@@H](CC(=O)O)C(=O)N[C@@H](CCCCN)C(=O)N[C@@H](Cc1ccc(O)cc1)C(=O)N[C@@H](CCCNC(=N)N)C(=O)N[C@@H](CC(C)C)C(=O)O)[C@@H](C)O. The second-order valence-electron chi connectivity index (χ2n) is 33.8. The fourth-order valence-corrected chi connectivity index (χ4v) is 14.0. The van der Waals surface area contributed by atoms with Crippen LogP contribution >= 0.6 is 11.8 Å². The van der Waals surface area contributed by atoms with Gasteiger partial charge in [0.2, 0.25) is 94.5 Å². The highest BCUT2D eigenvalue weighted by Crippen LogP contribution is 2.19.